The van der Waals surface area contributed by atoms with Crippen molar-refractivity contribution in [1.82, 2.24) is 29.6 Å². The zero-order chi connectivity index (χ0) is 26.4. The highest BCUT2D eigenvalue weighted by Crippen LogP contribution is 2.33. The molecule has 6 rings (SSSR count). The smallest absolute Gasteiger partial charge is 0.410 e. The Balaban J connectivity index is 1.41. The first kappa shape index (κ1) is 24.4. The molecule has 3 aromatic heterocycles. The average Bonchev–Trinajstić information content (AvgIpc) is 3.54. The molecule has 0 aliphatic carbocycles. The summed E-state index contributed by atoms with van der Waals surface area (Å²) in [4.78, 5) is 36.9. The van der Waals surface area contributed by atoms with E-state index < -0.39 is 0 Å². The fraction of sp³-hybridized carbons (Fsp3) is 0.385. The first-order chi connectivity index (χ1) is 18.4. The third kappa shape index (κ3) is 4.50. The number of piperidine rings is 1. The summed E-state index contributed by atoms with van der Waals surface area (Å²) in [5.74, 6) is 1.09. The van der Waals surface area contributed by atoms with Crippen LogP contribution in [0.3, 0.4) is 0 Å². The van der Waals surface area contributed by atoms with Gasteiger partial charge in [0.05, 0.1) is 30.3 Å². The Hall–Kier alpha value is -3.90. The van der Waals surface area contributed by atoms with Gasteiger partial charge in [-0.1, -0.05) is 41.2 Å². The van der Waals surface area contributed by atoms with Crippen LogP contribution >= 0.6 is 11.3 Å². The fourth-order valence-electron chi connectivity index (χ4n) is 5.04. The van der Waals surface area contributed by atoms with Crippen molar-refractivity contribution in [1.29, 1.82) is 0 Å². The highest BCUT2D eigenvalue weighted by atomic mass is 32.1. The van der Waals surface area contributed by atoms with Gasteiger partial charge >= 0.3 is 6.09 Å². The molecular weight excluding hydrogens is 506 g/mol. The molecule has 12 heteroatoms. The number of nitrogens with zero attached hydrogens (tertiary/aromatic N) is 6. The Bertz CT molecular complexity index is 1580. The minimum Gasteiger partial charge on any atom is -0.447 e. The number of pyridine rings is 1. The predicted octanol–water partition coefficient (Wildman–Crippen LogP) is 2.86. The molecule has 2 saturated heterocycles. The van der Waals surface area contributed by atoms with Gasteiger partial charge in [-0.05, 0) is 38.3 Å². The maximum Gasteiger partial charge on any atom is 0.410 e. The van der Waals surface area contributed by atoms with Crippen molar-refractivity contribution in [2.45, 2.75) is 51.9 Å². The molecule has 0 bridgehead atoms. The number of carbonyl (C=O) groups is 1. The van der Waals surface area contributed by atoms with Gasteiger partial charge in [0.1, 0.15) is 23.3 Å². The Morgan fingerprint density at radius 2 is 1.97 bits per heavy atom. The largest absolute Gasteiger partial charge is 0.447 e. The molecule has 1 aromatic carbocycles. The minimum atomic E-state index is -0.265. The average molecular weight is 534 g/mol. The number of aliphatic hydroxyl groups excluding tert-OH is 1. The summed E-state index contributed by atoms with van der Waals surface area (Å²) in [6.45, 7) is 4.98. The molecule has 0 unspecified atom stereocenters. The van der Waals surface area contributed by atoms with Gasteiger partial charge in [-0.2, -0.15) is 0 Å². The SMILES string of the molecule is Cc1ccc(Cn2c(C)nc3cc(-c4nnc(CO)s4)c(N[C@H]4CCN5C(=O)OC[C@@H]5C4)nc3c2=O)cc1. The number of hydrogen-bond donors (Lipinski definition) is 2. The van der Waals surface area contributed by atoms with E-state index in [0.29, 0.717) is 65.3 Å². The molecule has 0 radical (unpaired) electrons. The lowest BCUT2D eigenvalue weighted by molar-refractivity contribution is 0.153. The fourth-order valence-corrected chi connectivity index (χ4v) is 5.76. The van der Waals surface area contributed by atoms with Gasteiger partial charge in [0.15, 0.2) is 10.5 Å². The number of rotatable bonds is 6. The van der Waals surface area contributed by atoms with Crippen LogP contribution in [0, 0.1) is 13.8 Å². The molecule has 38 heavy (non-hydrogen) atoms. The van der Waals surface area contributed by atoms with Crippen LogP contribution in [-0.2, 0) is 17.9 Å². The number of carbonyl (C=O) groups excluding carboxylic acids is 1. The van der Waals surface area contributed by atoms with E-state index in [1.807, 2.05) is 44.2 Å². The third-order valence-electron chi connectivity index (χ3n) is 7.11. The van der Waals surface area contributed by atoms with Crippen molar-refractivity contribution < 1.29 is 14.6 Å². The van der Waals surface area contributed by atoms with Gasteiger partial charge in [-0.3, -0.25) is 9.36 Å². The highest BCUT2D eigenvalue weighted by Gasteiger charge is 2.38. The molecular formula is C26H27N7O4S. The minimum absolute atomic E-state index is 0.0104. The summed E-state index contributed by atoms with van der Waals surface area (Å²) in [5.41, 5.74) is 3.33. The molecule has 0 spiro atoms. The molecule has 2 aliphatic rings. The number of aliphatic hydroxyl groups is 1. The van der Waals surface area contributed by atoms with Gasteiger partial charge in [0.2, 0.25) is 0 Å². The molecule has 2 N–H and O–H groups in total. The van der Waals surface area contributed by atoms with Crippen molar-refractivity contribution in [3.05, 3.63) is 62.6 Å². The third-order valence-corrected chi connectivity index (χ3v) is 8.05. The number of anilines is 1. The highest BCUT2D eigenvalue weighted by molar-refractivity contribution is 7.14. The Labute approximate surface area is 222 Å². The van der Waals surface area contributed by atoms with Crippen LogP contribution in [0.2, 0.25) is 0 Å². The predicted molar refractivity (Wildman–Crippen MR) is 142 cm³/mol. The van der Waals surface area contributed by atoms with Crippen LogP contribution in [-0.4, -0.2) is 66.1 Å². The number of benzene rings is 1. The lowest BCUT2D eigenvalue weighted by atomic mass is 9.98. The summed E-state index contributed by atoms with van der Waals surface area (Å²) in [5, 5.41) is 22.4. The van der Waals surface area contributed by atoms with Crippen molar-refractivity contribution in [2.24, 2.45) is 0 Å². The Morgan fingerprint density at radius 3 is 2.74 bits per heavy atom. The van der Waals surface area contributed by atoms with Crippen molar-refractivity contribution >= 4 is 34.3 Å². The van der Waals surface area contributed by atoms with E-state index in [2.05, 4.69) is 15.5 Å². The molecule has 0 saturated carbocycles. The number of aryl methyl sites for hydroxylation is 2. The normalized spacial score (nSPS) is 19.0. The van der Waals surface area contributed by atoms with Crippen LogP contribution in [0.1, 0.15) is 34.8 Å². The molecule has 4 aromatic rings. The van der Waals surface area contributed by atoms with E-state index in [1.165, 1.54) is 11.3 Å². The van der Waals surface area contributed by atoms with Gasteiger partial charge in [-0.15, -0.1) is 10.2 Å². The molecule has 2 aliphatic heterocycles. The maximum absolute atomic E-state index is 13.7. The Kier molecular flexibility index (Phi) is 6.28. The zero-order valence-electron chi connectivity index (χ0n) is 21.0. The van der Waals surface area contributed by atoms with Crippen molar-refractivity contribution in [2.75, 3.05) is 18.5 Å². The van der Waals surface area contributed by atoms with E-state index in [1.54, 1.807) is 9.47 Å². The van der Waals surface area contributed by atoms with Gasteiger partial charge in [0, 0.05) is 12.6 Å². The molecule has 196 valence electrons. The van der Waals surface area contributed by atoms with E-state index in [0.717, 1.165) is 11.1 Å². The first-order valence-electron chi connectivity index (χ1n) is 12.5. The summed E-state index contributed by atoms with van der Waals surface area (Å²) < 4.78 is 6.85. The number of aromatic nitrogens is 5. The number of fused-ring (bicyclic) bond motifs is 2. The van der Waals surface area contributed by atoms with E-state index in [4.69, 9.17) is 14.7 Å². The van der Waals surface area contributed by atoms with E-state index in [-0.39, 0.29) is 35.9 Å². The van der Waals surface area contributed by atoms with Gasteiger partial charge in [-0.25, -0.2) is 14.8 Å². The van der Waals surface area contributed by atoms with Crippen LogP contribution < -0.4 is 10.9 Å². The number of hydrogen-bond acceptors (Lipinski definition) is 10. The monoisotopic (exact) mass is 533 g/mol. The van der Waals surface area contributed by atoms with Crippen LogP contribution in [0.25, 0.3) is 21.6 Å². The second-order valence-corrected chi connectivity index (χ2v) is 10.8. The zero-order valence-corrected chi connectivity index (χ0v) is 21.9. The summed E-state index contributed by atoms with van der Waals surface area (Å²) >= 11 is 1.26. The first-order valence-corrected chi connectivity index (χ1v) is 13.3. The molecule has 5 heterocycles. The number of cyclic esters (lactones) is 1. The van der Waals surface area contributed by atoms with Gasteiger partial charge < -0.3 is 20.1 Å². The number of ether oxygens (including phenoxy) is 1. The number of amides is 1. The summed E-state index contributed by atoms with van der Waals surface area (Å²) in [7, 11) is 0. The second kappa shape index (κ2) is 9.76. The van der Waals surface area contributed by atoms with Crippen LogP contribution in [0.15, 0.2) is 35.1 Å². The lowest BCUT2D eigenvalue weighted by Gasteiger charge is -2.33. The topological polar surface area (TPSA) is 135 Å². The summed E-state index contributed by atoms with van der Waals surface area (Å²) in [6, 6.07) is 9.90. The molecule has 2 fully saturated rings. The Morgan fingerprint density at radius 1 is 1.16 bits per heavy atom. The van der Waals surface area contributed by atoms with Crippen molar-refractivity contribution in [3.63, 3.8) is 0 Å². The maximum atomic E-state index is 13.7. The standard InChI is InChI=1S/C26H27N7O4S/c1-14-3-5-16(6-4-14)11-33-15(2)27-20-10-19(24-31-30-21(12-34)38-24)23(29-22(20)25(33)35)28-17-7-8-32-18(9-17)13-37-26(32)36/h3-6,10,17-18,34H,7-9,11-13H2,1-2H3,(H,28,29)/t17-,18-/m0/s1. The van der Waals surface area contributed by atoms with E-state index in [9.17, 15) is 14.7 Å². The van der Waals surface area contributed by atoms with E-state index >= 15 is 0 Å². The second-order valence-electron chi connectivity index (χ2n) is 9.74. The van der Waals surface area contributed by atoms with Crippen molar-refractivity contribution in [3.8, 4) is 10.6 Å². The molecule has 11 nitrogen and oxygen atoms in total. The van der Waals surface area contributed by atoms with Gasteiger partial charge in [0.25, 0.3) is 5.56 Å². The van der Waals surface area contributed by atoms with Crippen LogP contribution in [0.4, 0.5) is 10.6 Å². The lowest BCUT2D eigenvalue weighted by Crippen LogP contribution is -2.45. The quantitative estimate of drug-likeness (QED) is 0.383. The molecule has 1 amide bonds. The van der Waals surface area contributed by atoms with Crippen LogP contribution in [0.5, 0.6) is 0 Å². The summed E-state index contributed by atoms with van der Waals surface area (Å²) in [6.07, 6.45) is 1.15. The number of nitrogens with one attached hydrogen (secondary N) is 1. The molecule has 2 atom stereocenters.